The largest absolute Gasteiger partial charge is 0.493 e. The Kier molecular flexibility index (Phi) is 4.04. The Morgan fingerprint density at radius 1 is 1.16 bits per heavy atom. The number of halogens is 3. The molecule has 0 saturated heterocycles. The molecule has 0 unspecified atom stereocenters. The maximum absolute atomic E-state index is 12.7. The van der Waals surface area contributed by atoms with E-state index in [1.165, 1.54) is 0 Å². The molecule has 0 radical (unpaired) electrons. The van der Waals surface area contributed by atoms with Gasteiger partial charge in [0.1, 0.15) is 17.8 Å². The molecule has 1 aliphatic carbocycles. The van der Waals surface area contributed by atoms with Gasteiger partial charge in [-0.3, -0.25) is 0 Å². The van der Waals surface area contributed by atoms with Crippen LogP contribution in [0.15, 0.2) is 24.3 Å². The highest BCUT2D eigenvalue weighted by Crippen LogP contribution is 2.57. The van der Waals surface area contributed by atoms with Gasteiger partial charge in [-0.1, -0.05) is 12.1 Å². The summed E-state index contributed by atoms with van der Waals surface area (Å²) >= 11 is 0. The molecule has 1 saturated carbocycles. The highest BCUT2D eigenvalue weighted by Gasteiger charge is 2.63. The van der Waals surface area contributed by atoms with Crippen molar-refractivity contribution in [1.82, 2.24) is 0 Å². The lowest BCUT2D eigenvalue weighted by Crippen LogP contribution is -2.30. The number of aryl methyl sites for hydroxylation is 1. The molecule has 1 aliphatic rings. The molecule has 1 aromatic carbocycles. The molecule has 0 spiro atoms. The molecule has 0 aliphatic heterocycles. The standard InChI is InChI=1S/C14H18F3NO/c15-14(16,17)13(7-8-13)10-19-12-5-3-11(4-6-12)2-1-9-18/h3-6H,1-2,7-10,18H2. The molecule has 2 N–H and O–H groups in total. The van der Waals surface area contributed by atoms with Gasteiger partial charge in [-0.05, 0) is 49.9 Å². The fourth-order valence-corrected chi connectivity index (χ4v) is 1.94. The van der Waals surface area contributed by atoms with Crippen molar-refractivity contribution < 1.29 is 17.9 Å². The van der Waals surface area contributed by atoms with Gasteiger partial charge in [-0.25, -0.2) is 0 Å². The van der Waals surface area contributed by atoms with Crippen molar-refractivity contribution in [3.8, 4) is 5.75 Å². The smallest absolute Gasteiger partial charge is 0.397 e. The van der Waals surface area contributed by atoms with E-state index in [1.807, 2.05) is 12.1 Å². The van der Waals surface area contributed by atoms with Crippen molar-refractivity contribution >= 4 is 0 Å². The molecule has 0 aromatic heterocycles. The van der Waals surface area contributed by atoms with E-state index in [0.29, 0.717) is 12.3 Å². The zero-order valence-electron chi connectivity index (χ0n) is 10.7. The van der Waals surface area contributed by atoms with Gasteiger partial charge in [0, 0.05) is 0 Å². The van der Waals surface area contributed by atoms with Crippen LogP contribution in [0.3, 0.4) is 0 Å². The average Bonchev–Trinajstić information content (AvgIpc) is 3.16. The molecular formula is C14H18F3NO. The summed E-state index contributed by atoms with van der Waals surface area (Å²) in [6.07, 6.45) is -2.04. The van der Waals surface area contributed by atoms with Crippen LogP contribution in [-0.2, 0) is 6.42 Å². The normalized spacial score (nSPS) is 17.3. The number of rotatable bonds is 6. The second-order valence-corrected chi connectivity index (χ2v) is 5.10. The molecule has 106 valence electrons. The maximum atomic E-state index is 12.7. The third-order valence-electron chi connectivity index (χ3n) is 3.56. The van der Waals surface area contributed by atoms with Crippen LogP contribution in [0.2, 0.25) is 0 Å². The first-order valence-corrected chi connectivity index (χ1v) is 6.45. The van der Waals surface area contributed by atoms with Gasteiger partial charge >= 0.3 is 6.18 Å². The summed E-state index contributed by atoms with van der Waals surface area (Å²) in [5, 5.41) is 0. The molecule has 5 heteroatoms. The minimum atomic E-state index is -4.16. The van der Waals surface area contributed by atoms with Gasteiger partial charge in [0.15, 0.2) is 0 Å². The van der Waals surface area contributed by atoms with Crippen LogP contribution in [0.5, 0.6) is 5.75 Å². The van der Waals surface area contributed by atoms with Gasteiger partial charge in [0.05, 0.1) is 0 Å². The van der Waals surface area contributed by atoms with Crippen LogP contribution in [0.1, 0.15) is 24.8 Å². The first kappa shape index (κ1) is 14.2. The zero-order chi connectivity index (χ0) is 13.9. The quantitative estimate of drug-likeness (QED) is 0.863. The highest BCUT2D eigenvalue weighted by molar-refractivity contribution is 5.27. The molecule has 0 atom stereocenters. The minimum Gasteiger partial charge on any atom is -0.493 e. The van der Waals surface area contributed by atoms with Crippen molar-refractivity contribution in [2.24, 2.45) is 11.1 Å². The molecule has 19 heavy (non-hydrogen) atoms. The molecule has 0 heterocycles. The number of hydrogen-bond acceptors (Lipinski definition) is 2. The lowest BCUT2D eigenvalue weighted by Gasteiger charge is -2.19. The highest BCUT2D eigenvalue weighted by atomic mass is 19.4. The Morgan fingerprint density at radius 3 is 2.26 bits per heavy atom. The van der Waals surface area contributed by atoms with Gasteiger partial charge in [-0.2, -0.15) is 13.2 Å². The van der Waals surface area contributed by atoms with E-state index < -0.39 is 11.6 Å². The van der Waals surface area contributed by atoms with Crippen LogP contribution < -0.4 is 10.5 Å². The fourth-order valence-electron chi connectivity index (χ4n) is 1.94. The number of alkyl halides is 3. The monoisotopic (exact) mass is 273 g/mol. The Bertz CT molecular complexity index is 410. The topological polar surface area (TPSA) is 35.2 Å². The van der Waals surface area contributed by atoms with Crippen LogP contribution in [0.4, 0.5) is 13.2 Å². The molecule has 0 bridgehead atoms. The summed E-state index contributed by atoms with van der Waals surface area (Å²) < 4.78 is 43.4. The summed E-state index contributed by atoms with van der Waals surface area (Å²) in [5.41, 5.74) is 4.93. The summed E-state index contributed by atoms with van der Waals surface area (Å²) in [5.74, 6) is 0.493. The van der Waals surface area contributed by atoms with Crippen LogP contribution in [0, 0.1) is 5.41 Å². The van der Waals surface area contributed by atoms with Crippen molar-refractivity contribution in [2.45, 2.75) is 31.9 Å². The van der Waals surface area contributed by atoms with E-state index in [0.717, 1.165) is 18.4 Å². The van der Waals surface area contributed by atoms with Gasteiger partial charge in [0.25, 0.3) is 0 Å². The van der Waals surface area contributed by atoms with E-state index >= 15 is 0 Å². The summed E-state index contributed by atoms with van der Waals surface area (Å²) in [4.78, 5) is 0. The Balaban J connectivity index is 1.87. The Hall–Kier alpha value is -1.23. The fraction of sp³-hybridized carbons (Fsp3) is 0.571. The number of nitrogens with two attached hydrogens (primary N) is 1. The van der Waals surface area contributed by atoms with Crippen LogP contribution in [0.25, 0.3) is 0 Å². The van der Waals surface area contributed by atoms with Crippen LogP contribution in [-0.4, -0.2) is 19.3 Å². The van der Waals surface area contributed by atoms with E-state index in [1.54, 1.807) is 12.1 Å². The molecule has 1 fully saturated rings. The van der Waals surface area contributed by atoms with Gasteiger partial charge in [-0.15, -0.1) is 0 Å². The molecule has 1 aromatic rings. The summed E-state index contributed by atoms with van der Waals surface area (Å²) in [6, 6.07) is 7.19. The first-order valence-electron chi connectivity index (χ1n) is 6.45. The second kappa shape index (κ2) is 5.41. The SMILES string of the molecule is NCCCc1ccc(OCC2(C(F)(F)F)CC2)cc1. The number of hydrogen-bond donors (Lipinski definition) is 1. The van der Waals surface area contributed by atoms with Crippen molar-refractivity contribution in [3.63, 3.8) is 0 Å². The first-order chi connectivity index (χ1) is 8.97. The Labute approximate surface area is 110 Å². The van der Waals surface area contributed by atoms with Crippen LogP contribution >= 0.6 is 0 Å². The van der Waals surface area contributed by atoms with E-state index in [-0.39, 0.29) is 19.4 Å². The molecule has 2 rings (SSSR count). The van der Waals surface area contributed by atoms with E-state index in [4.69, 9.17) is 10.5 Å². The van der Waals surface area contributed by atoms with Crippen molar-refractivity contribution in [3.05, 3.63) is 29.8 Å². The van der Waals surface area contributed by atoms with Crippen molar-refractivity contribution in [2.75, 3.05) is 13.2 Å². The number of ether oxygens (including phenoxy) is 1. The van der Waals surface area contributed by atoms with Crippen molar-refractivity contribution in [1.29, 1.82) is 0 Å². The van der Waals surface area contributed by atoms with E-state index in [2.05, 4.69) is 0 Å². The molecule has 2 nitrogen and oxygen atoms in total. The van der Waals surface area contributed by atoms with Gasteiger partial charge < -0.3 is 10.5 Å². The predicted octanol–water partition coefficient (Wildman–Crippen LogP) is 3.30. The molecule has 0 amide bonds. The minimum absolute atomic E-state index is 0.172. The van der Waals surface area contributed by atoms with Gasteiger partial charge in [0.2, 0.25) is 0 Å². The average molecular weight is 273 g/mol. The third-order valence-corrected chi connectivity index (χ3v) is 3.56. The lowest BCUT2D eigenvalue weighted by molar-refractivity contribution is -0.194. The number of benzene rings is 1. The second-order valence-electron chi connectivity index (χ2n) is 5.10. The third kappa shape index (κ3) is 3.41. The lowest BCUT2D eigenvalue weighted by atomic mass is 10.1. The zero-order valence-corrected chi connectivity index (χ0v) is 10.7. The predicted molar refractivity (Wildman–Crippen MR) is 67.0 cm³/mol. The summed E-state index contributed by atoms with van der Waals surface area (Å²) in [7, 11) is 0. The van der Waals surface area contributed by atoms with E-state index in [9.17, 15) is 13.2 Å². The Morgan fingerprint density at radius 2 is 1.79 bits per heavy atom. The summed E-state index contributed by atoms with van der Waals surface area (Å²) in [6.45, 7) is 0.352. The maximum Gasteiger partial charge on any atom is 0.397 e. The molecular weight excluding hydrogens is 255 g/mol.